The predicted octanol–water partition coefficient (Wildman–Crippen LogP) is 4.34. The van der Waals surface area contributed by atoms with E-state index in [9.17, 15) is 0 Å². The number of aryl methyl sites for hydroxylation is 1. The molecule has 0 fully saturated rings. The van der Waals surface area contributed by atoms with E-state index in [1.54, 1.807) is 13.2 Å². The number of halogens is 3. The third kappa shape index (κ3) is 4.73. The van der Waals surface area contributed by atoms with Crippen LogP contribution in [-0.4, -0.2) is 18.5 Å². The first kappa shape index (κ1) is 13.3. The topological polar surface area (TPSA) is 9.23 Å². The fourth-order valence-electron chi connectivity index (χ4n) is 1.31. The van der Waals surface area contributed by atoms with Gasteiger partial charge < -0.3 is 4.74 Å². The maximum Gasteiger partial charge on any atom is 0.0587 e. The van der Waals surface area contributed by atoms with Crippen molar-refractivity contribution in [3.8, 4) is 0 Å². The maximum atomic E-state index is 6.05. The first-order valence-corrected chi connectivity index (χ1v) is 6.37. The van der Waals surface area contributed by atoms with Crippen LogP contribution in [0.4, 0.5) is 0 Å². The molecule has 0 aliphatic heterocycles. The number of hydrogen-bond acceptors (Lipinski definition) is 1. The van der Waals surface area contributed by atoms with Gasteiger partial charge in [-0.2, -0.15) is 0 Å². The van der Waals surface area contributed by atoms with Crippen LogP contribution in [0.2, 0.25) is 10.0 Å². The van der Waals surface area contributed by atoms with Crippen molar-refractivity contribution in [3.63, 3.8) is 0 Å². The molecule has 0 aromatic heterocycles. The van der Waals surface area contributed by atoms with E-state index in [4.69, 9.17) is 27.9 Å². The Morgan fingerprint density at radius 1 is 1.40 bits per heavy atom. The number of rotatable bonds is 5. The van der Waals surface area contributed by atoms with Crippen LogP contribution < -0.4 is 0 Å². The molecule has 0 amide bonds. The van der Waals surface area contributed by atoms with Gasteiger partial charge in [-0.25, -0.2) is 0 Å². The summed E-state index contributed by atoms with van der Waals surface area (Å²) in [7, 11) is 1.70. The molecule has 0 aliphatic carbocycles. The molecule has 0 spiro atoms. The summed E-state index contributed by atoms with van der Waals surface area (Å²) >= 11 is 15.5. The average Bonchev–Trinajstić information content (AvgIpc) is 2.20. The maximum absolute atomic E-state index is 6.05. The SMILES string of the molecule is COCC(Br)CCc1cc(Cl)ccc1Cl. The highest BCUT2D eigenvalue weighted by Gasteiger charge is 2.06. The summed E-state index contributed by atoms with van der Waals surface area (Å²) in [6.45, 7) is 0.707. The second-order valence-corrected chi connectivity index (χ2v) is 5.47. The zero-order valence-corrected chi connectivity index (χ0v) is 11.6. The van der Waals surface area contributed by atoms with Gasteiger partial charge in [0.05, 0.1) is 6.61 Å². The Morgan fingerprint density at radius 3 is 2.80 bits per heavy atom. The van der Waals surface area contributed by atoms with Crippen molar-refractivity contribution < 1.29 is 4.74 Å². The number of methoxy groups -OCH3 is 1. The lowest BCUT2D eigenvalue weighted by Crippen LogP contribution is -2.07. The molecule has 15 heavy (non-hydrogen) atoms. The van der Waals surface area contributed by atoms with E-state index in [1.165, 1.54) is 0 Å². The highest BCUT2D eigenvalue weighted by atomic mass is 79.9. The minimum absolute atomic E-state index is 0.359. The van der Waals surface area contributed by atoms with E-state index in [1.807, 2.05) is 12.1 Å². The second-order valence-electron chi connectivity index (χ2n) is 3.33. The molecular weight excluding hydrogens is 299 g/mol. The van der Waals surface area contributed by atoms with E-state index < -0.39 is 0 Å². The Kier molecular flexibility index (Phi) is 5.98. The van der Waals surface area contributed by atoms with Crippen molar-refractivity contribution in [1.82, 2.24) is 0 Å². The van der Waals surface area contributed by atoms with Gasteiger partial charge in [-0.15, -0.1) is 0 Å². The van der Waals surface area contributed by atoms with Gasteiger partial charge in [-0.3, -0.25) is 0 Å². The van der Waals surface area contributed by atoms with Crippen LogP contribution in [0.3, 0.4) is 0 Å². The van der Waals surface area contributed by atoms with Crippen LogP contribution in [0.1, 0.15) is 12.0 Å². The van der Waals surface area contributed by atoms with Crippen molar-refractivity contribution in [2.45, 2.75) is 17.7 Å². The second kappa shape index (κ2) is 6.74. The van der Waals surface area contributed by atoms with Gasteiger partial charge in [-0.05, 0) is 36.6 Å². The molecule has 0 saturated heterocycles. The van der Waals surface area contributed by atoms with Crippen molar-refractivity contribution in [1.29, 1.82) is 0 Å². The summed E-state index contributed by atoms with van der Waals surface area (Å²) in [5.74, 6) is 0. The molecule has 1 rings (SSSR count). The van der Waals surface area contributed by atoms with Gasteiger partial charge in [0.1, 0.15) is 0 Å². The van der Waals surface area contributed by atoms with E-state index in [-0.39, 0.29) is 0 Å². The molecule has 1 nitrogen and oxygen atoms in total. The fourth-order valence-corrected chi connectivity index (χ4v) is 2.21. The summed E-state index contributed by atoms with van der Waals surface area (Å²) < 4.78 is 5.04. The molecule has 0 bridgehead atoms. The molecular formula is C11H13BrCl2O. The summed E-state index contributed by atoms with van der Waals surface area (Å²) in [6.07, 6.45) is 1.88. The van der Waals surface area contributed by atoms with Crippen LogP contribution in [0.25, 0.3) is 0 Å². The van der Waals surface area contributed by atoms with Crippen LogP contribution in [0.15, 0.2) is 18.2 Å². The Balaban J connectivity index is 2.53. The summed E-state index contributed by atoms with van der Waals surface area (Å²) in [4.78, 5) is 0.359. The minimum atomic E-state index is 0.359. The number of hydrogen-bond donors (Lipinski definition) is 0. The zero-order valence-electron chi connectivity index (χ0n) is 8.47. The van der Waals surface area contributed by atoms with Crippen molar-refractivity contribution in [3.05, 3.63) is 33.8 Å². The molecule has 0 radical (unpaired) electrons. The normalized spacial score (nSPS) is 12.8. The molecule has 0 N–H and O–H groups in total. The van der Waals surface area contributed by atoms with E-state index in [0.29, 0.717) is 11.4 Å². The minimum Gasteiger partial charge on any atom is -0.384 e. The Bertz CT molecular complexity index is 317. The highest BCUT2D eigenvalue weighted by Crippen LogP contribution is 2.23. The van der Waals surface area contributed by atoms with Crippen LogP contribution >= 0.6 is 39.1 Å². The number of benzene rings is 1. The third-order valence-electron chi connectivity index (χ3n) is 2.08. The molecule has 0 heterocycles. The lowest BCUT2D eigenvalue weighted by atomic mass is 10.1. The lowest BCUT2D eigenvalue weighted by Gasteiger charge is -2.09. The Hall–Kier alpha value is 0.240. The van der Waals surface area contributed by atoms with E-state index in [2.05, 4.69) is 15.9 Å². The first-order valence-electron chi connectivity index (χ1n) is 4.70. The Morgan fingerprint density at radius 2 is 2.13 bits per heavy atom. The molecule has 0 saturated carbocycles. The van der Waals surface area contributed by atoms with Gasteiger partial charge in [0, 0.05) is 22.0 Å². The zero-order chi connectivity index (χ0) is 11.3. The monoisotopic (exact) mass is 310 g/mol. The van der Waals surface area contributed by atoms with Crippen molar-refractivity contribution in [2.24, 2.45) is 0 Å². The van der Waals surface area contributed by atoms with E-state index in [0.717, 1.165) is 28.5 Å². The van der Waals surface area contributed by atoms with Crippen molar-refractivity contribution >= 4 is 39.1 Å². The lowest BCUT2D eigenvalue weighted by molar-refractivity contribution is 0.198. The molecule has 84 valence electrons. The number of ether oxygens (including phenoxy) is 1. The van der Waals surface area contributed by atoms with Gasteiger partial charge in [0.25, 0.3) is 0 Å². The van der Waals surface area contributed by atoms with Gasteiger partial charge in [-0.1, -0.05) is 39.1 Å². The van der Waals surface area contributed by atoms with Gasteiger partial charge in [0.15, 0.2) is 0 Å². The number of alkyl halides is 1. The van der Waals surface area contributed by atoms with Crippen molar-refractivity contribution in [2.75, 3.05) is 13.7 Å². The van der Waals surface area contributed by atoms with Gasteiger partial charge >= 0.3 is 0 Å². The first-order chi connectivity index (χ1) is 7.13. The quantitative estimate of drug-likeness (QED) is 0.735. The average molecular weight is 312 g/mol. The van der Waals surface area contributed by atoms with Gasteiger partial charge in [0.2, 0.25) is 0 Å². The van der Waals surface area contributed by atoms with Crippen LogP contribution in [0.5, 0.6) is 0 Å². The molecule has 1 aromatic carbocycles. The van der Waals surface area contributed by atoms with Crippen LogP contribution in [-0.2, 0) is 11.2 Å². The highest BCUT2D eigenvalue weighted by molar-refractivity contribution is 9.09. The standard InChI is InChI=1S/C11H13BrCl2O/c1-15-7-9(12)3-2-8-6-10(13)4-5-11(8)14/h4-6,9H,2-3,7H2,1H3. The molecule has 1 aromatic rings. The Labute approximate surface area is 109 Å². The smallest absolute Gasteiger partial charge is 0.0587 e. The molecule has 1 unspecified atom stereocenters. The van der Waals surface area contributed by atoms with E-state index >= 15 is 0 Å². The summed E-state index contributed by atoms with van der Waals surface area (Å²) in [5, 5.41) is 1.50. The predicted molar refractivity (Wildman–Crippen MR) is 69.4 cm³/mol. The third-order valence-corrected chi connectivity index (χ3v) is 3.41. The fraction of sp³-hybridized carbons (Fsp3) is 0.455. The molecule has 0 aliphatic rings. The molecule has 4 heteroatoms. The summed E-state index contributed by atoms with van der Waals surface area (Å²) in [5.41, 5.74) is 1.09. The molecule has 1 atom stereocenters. The van der Waals surface area contributed by atoms with Crippen LogP contribution in [0, 0.1) is 0 Å². The summed E-state index contributed by atoms with van der Waals surface area (Å²) in [6, 6.07) is 5.54. The largest absolute Gasteiger partial charge is 0.384 e.